The summed E-state index contributed by atoms with van der Waals surface area (Å²) in [5.41, 5.74) is 10.0. The molecule has 238 valence electrons. The number of hydrogen-bond donors (Lipinski definition) is 6. The van der Waals surface area contributed by atoms with Gasteiger partial charge >= 0.3 is 16.1 Å². The van der Waals surface area contributed by atoms with E-state index in [2.05, 4.69) is 35.2 Å². The molecule has 0 radical (unpaired) electrons. The maximum Gasteiger partial charge on any atom is 0.697 e. The molecule has 0 amide bonds. The predicted molar refractivity (Wildman–Crippen MR) is 145 cm³/mol. The van der Waals surface area contributed by atoms with Gasteiger partial charge < -0.3 is 35.9 Å². The van der Waals surface area contributed by atoms with Gasteiger partial charge in [0.15, 0.2) is 35.0 Å². The molecule has 8 N–H and O–H groups in total. The van der Waals surface area contributed by atoms with Crippen LogP contribution < -0.4 is 17.0 Å². The Bertz CT molecular complexity index is 1970. The molecule has 11 atom stereocenters. The molecule has 8 rings (SSSR count). The van der Waals surface area contributed by atoms with Gasteiger partial charge in [-0.1, -0.05) is 5.21 Å². The van der Waals surface area contributed by atoms with Crippen LogP contribution in [0.3, 0.4) is 0 Å². The van der Waals surface area contributed by atoms with Crippen LogP contribution in [0.4, 0.5) is 11.8 Å². The number of aromatic nitrogens is 9. The van der Waals surface area contributed by atoms with Crippen LogP contribution in [-0.2, 0) is 32.0 Å². The van der Waals surface area contributed by atoms with E-state index in [0.717, 1.165) is 4.68 Å². The number of aliphatic hydroxyl groups is 2. The number of ether oxygens (including phenoxy) is 1. The largest absolute Gasteiger partial charge is 0.697 e. The van der Waals surface area contributed by atoms with E-state index < -0.39 is 89.0 Å². The average Bonchev–Trinajstić information content (AvgIpc) is 3.26. The van der Waals surface area contributed by atoms with E-state index in [0.29, 0.717) is 17.6 Å². The van der Waals surface area contributed by atoms with E-state index in [9.17, 15) is 29.0 Å². The molecule has 2 bridgehead atoms. The molecule has 4 fully saturated rings. The summed E-state index contributed by atoms with van der Waals surface area (Å²) in [6, 6.07) is -0.720. The molecule has 4 aromatic rings. The monoisotopic (exact) mass is 668 g/mol. The molecule has 45 heavy (non-hydrogen) atoms. The highest BCUT2D eigenvalue weighted by Crippen LogP contribution is 2.71. The number of hydrogen-bond acceptors (Lipinski definition) is 18. The highest BCUT2D eigenvalue weighted by molar-refractivity contribution is 7.47. The Labute approximate surface area is 250 Å². The zero-order valence-electron chi connectivity index (χ0n) is 22.6. The number of aromatic amines is 1. The normalized spacial score (nSPS) is 39.2. The molecule has 4 aromatic heterocycles. The minimum Gasteiger partial charge on any atom is -0.388 e. The minimum atomic E-state index is -5.00. The van der Waals surface area contributed by atoms with Crippen molar-refractivity contribution in [1.29, 1.82) is 0 Å². The predicted octanol–water partition coefficient (Wildman–Crippen LogP) is -1.73. The van der Waals surface area contributed by atoms with Gasteiger partial charge in [0.05, 0.1) is 19.0 Å². The fourth-order valence-corrected chi connectivity index (χ4v) is 8.45. The van der Waals surface area contributed by atoms with Crippen molar-refractivity contribution < 1.29 is 47.1 Å². The third kappa shape index (κ3) is 4.41. The number of phosphoric ester groups is 1. The number of phosphoric acid groups is 1. The number of nitrogens with one attached hydrogen (secondary N) is 1. The van der Waals surface area contributed by atoms with Crippen molar-refractivity contribution in [1.82, 2.24) is 44.5 Å². The molecule has 2 saturated carbocycles. The number of nitrogens with zero attached hydrogens (tertiary/aromatic N) is 8. The number of nitrogens with two attached hydrogens (primary N) is 2. The van der Waals surface area contributed by atoms with Gasteiger partial charge in [-0.05, 0) is 12.3 Å². The number of nitrogen functional groups attached to an aromatic ring is 2. The van der Waals surface area contributed by atoms with Gasteiger partial charge in [0.2, 0.25) is 5.95 Å². The summed E-state index contributed by atoms with van der Waals surface area (Å²) in [6.45, 7) is -1.02. The lowest BCUT2D eigenvalue weighted by Crippen LogP contribution is -2.37. The standard InChI is InChI=1S/C21H23N11O11P2/c22-15-8-16(25-4-24-15)31(5-26-8)10-6-1-21(6)3-40-45(37,38)43-13-11(33)7(2-39-44(36)42-14(21)12(10)34)41-19(13)32-17-9(29-30-32)18(35)28-20(23)27-17/h4-7,10-14,19,33-34H,1-3H2,(H5-,22,23,24,25,27,28,30,35,37,38)/p+1/t6-,7-,10-,11-,12+,13-,14+,19-,21+/m1/s1. The van der Waals surface area contributed by atoms with Gasteiger partial charge in [0, 0.05) is 9.98 Å². The molecule has 2 saturated heterocycles. The summed E-state index contributed by atoms with van der Waals surface area (Å²) in [5.74, 6) is -0.547. The summed E-state index contributed by atoms with van der Waals surface area (Å²) in [5, 5.41) is 30.1. The van der Waals surface area contributed by atoms with Gasteiger partial charge in [0.25, 0.3) is 5.56 Å². The maximum atomic E-state index is 13.4. The quantitative estimate of drug-likeness (QED) is 0.129. The van der Waals surface area contributed by atoms with Crippen LogP contribution in [0.5, 0.6) is 0 Å². The van der Waals surface area contributed by atoms with Crippen molar-refractivity contribution in [3.8, 4) is 0 Å². The summed E-state index contributed by atoms with van der Waals surface area (Å²) in [4.78, 5) is 41.8. The fourth-order valence-electron chi connectivity index (χ4n) is 6.60. The van der Waals surface area contributed by atoms with E-state index in [1.165, 1.54) is 12.7 Å². The average molecular weight is 668 g/mol. The Kier molecular flexibility index (Phi) is 6.40. The number of rotatable bonds is 2. The molecule has 2 aliphatic heterocycles. The van der Waals surface area contributed by atoms with Crippen LogP contribution in [-0.4, -0.2) is 103 Å². The first-order chi connectivity index (χ1) is 21.5. The van der Waals surface area contributed by atoms with Gasteiger partial charge in [0.1, 0.15) is 42.9 Å². The lowest BCUT2D eigenvalue weighted by molar-refractivity contribution is -0.0635. The molecule has 0 aromatic carbocycles. The summed E-state index contributed by atoms with van der Waals surface area (Å²) in [7, 11) is -7.94. The molecule has 2 unspecified atom stereocenters. The molecule has 22 nitrogen and oxygen atoms in total. The third-order valence-electron chi connectivity index (χ3n) is 8.73. The first kappa shape index (κ1) is 28.9. The van der Waals surface area contributed by atoms with Crippen molar-refractivity contribution in [3.05, 3.63) is 23.0 Å². The molecule has 24 heteroatoms. The van der Waals surface area contributed by atoms with Crippen molar-refractivity contribution >= 4 is 50.2 Å². The van der Waals surface area contributed by atoms with E-state index >= 15 is 0 Å². The zero-order valence-corrected chi connectivity index (χ0v) is 24.4. The summed E-state index contributed by atoms with van der Waals surface area (Å²) in [6.07, 6.45) is -5.57. The highest BCUT2D eigenvalue weighted by Gasteiger charge is 2.75. The van der Waals surface area contributed by atoms with Gasteiger partial charge in [-0.25, -0.2) is 19.5 Å². The smallest absolute Gasteiger partial charge is 0.388 e. The highest BCUT2D eigenvalue weighted by atomic mass is 31.2. The summed E-state index contributed by atoms with van der Waals surface area (Å²) < 4.78 is 56.8. The second-order valence-electron chi connectivity index (χ2n) is 11.2. The van der Waals surface area contributed by atoms with Gasteiger partial charge in [-0.3, -0.25) is 18.8 Å². The third-order valence-corrected chi connectivity index (χ3v) is 10.5. The molecular formula is C21H24N11O11P2+. The topological polar surface area (TPSA) is 313 Å². The van der Waals surface area contributed by atoms with Crippen LogP contribution in [0.25, 0.3) is 22.3 Å². The molecule has 1 spiro atoms. The lowest BCUT2D eigenvalue weighted by Gasteiger charge is -2.26. The molecule has 2 aliphatic carbocycles. The maximum absolute atomic E-state index is 13.4. The van der Waals surface area contributed by atoms with Crippen molar-refractivity contribution in [2.45, 2.75) is 49.2 Å². The van der Waals surface area contributed by atoms with Crippen molar-refractivity contribution in [3.63, 3.8) is 0 Å². The first-order valence-electron chi connectivity index (χ1n) is 13.5. The second-order valence-corrected chi connectivity index (χ2v) is 13.5. The first-order valence-corrected chi connectivity index (χ1v) is 16.0. The number of H-pyrrole nitrogens is 1. The van der Waals surface area contributed by atoms with E-state index in [-0.39, 0.29) is 22.9 Å². The molecule has 4 aliphatic rings. The van der Waals surface area contributed by atoms with Crippen molar-refractivity contribution in [2.75, 3.05) is 24.7 Å². The van der Waals surface area contributed by atoms with Crippen LogP contribution in [0.2, 0.25) is 0 Å². The Hall–Kier alpha value is -3.56. The van der Waals surface area contributed by atoms with Gasteiger partial charge in [-0.15, -0.1) is 14.1 Å². The number of fused-ring (bicyclic) bond motifs is 4. The Morgan fingerprint density at radius 2 is 1.98 bits per heavy atom. The number of imidazole rings is 1. The van der Waals surface area contributed by atoms with E-state index in [1.807, 2.05) is 0 Å². The zero-order chi connectivity index (χ0) is 31.4. The Balaban J connectivity index is 1.12. The van der Waals surface area contributed by atoms with Crippen molar-refractivity contribution in [2.24, 2.45) is 11.3 Å². The van der Waals surface area contributed by atoms with Gasteiger partial charge in [-0.2, -0.15) is 9.67 Å². The minimum absolute atomic E-state index is 0.135. The van der Waals surface area contributed by atoms with E-state index in [1.54, 1.807) is 4.57 Å². The van der Waals surface area contributed by atoms with Crippen LogP contribution in [0.1, 0.15) is 18.7 Å². The molecular weight excluding hydrogens is 644 g/mol. The van der Waals surface area contributed by atoms with Crippen LogP contribution >= 0.6 is 16.1 Å². The van der Waals surface area contributed by atoms with Crippen LogP contribution in [0.15, 0.2) is 17.4 Å². The second kappa shape index (κ2) is 9.97. The molecule has 6 heterocycles. The fraction of sp³-hybridized carbons (Fsp3) is 0.571. The summed E-state index contributed by atoms with van der Waals surface area (Å²) >= 11 is 0. The SMILES string of the molecule is Nc1nc2c(nnn2[C@@H]2O[C@@H]3CO[P+](=O)O[C@H]4[C@@H](O)[C@H](n5cnc6c(N)ncnc65)[C@H]5C[C@]54COP(=O)(O)O[C@@H]2[C@@H]3O)c(=O)[nH]1. The lowest BCUT2D eigenvalue weighted by atomic mass is 10.0. The Morgan fingerprint density at radius 1 is 1.16 bits per heavy atom. The Morgan fingerprint density at radius 3 is 2.80 bits per heavy atom. The number of aliphatic hydroxyl groups excluding tert-OH is 2. The van der Waals surface area contributed by atoms with Crippen LogP contribution in [0, 0.1) is 11.3 Å². The number of anilines is 2. The van der Waals surface area contributed by atoms with E-state index in [4.69, 9.17) is 34.3 Å².